The summed E-state index contributed by atoms with van der Waals surface area (Å²) in [6.45, 7) is 1.46. The van der Waals surface area contributed by atoms with E-state index in [9.17, 15) is 9.59 Å². The van der Waals surface area contributed by atoms with Crippen LogP contribution in [0.2, 0.25) is 0 Å². The average molecular weight is 278 g/mol. The molecule has 0 aliphatic heterocycles. The molecule has 0 bridgehead atoms. The van der Waals surface area contributed by atoms with Gasteiger partial charge in [-0.25, -0.2) is 4.79 Å². The second-order valence-electron chi connectivity index (χ2n) is 4.37. The molecule has 0 saturated carbocycles. The van der Waals surface area contributed by atoms with E-state index in [-0.39, 0.29) is 5.91 Å². The van der Waals surface area contributed by atoms with Crippen LogP contribution in [-0.4, -0.2) is 16.8 Å². The van der Waals surface area contributed by atoms with E-state index in [0.29, 0.717) is 11.3 Å². The minimum absolute atomic E-state index is 0.111. The summed E-state index contributed by atoms with van der Waals surface area (Å²) in [4.78, 5) is 26.0. The zero-order valence-electron chi connectivity index (χ0n) is 11.5. The molecule has 1 N–H and O–H groups in total. The summed E-state index contributed by atoms with van der Waals surface area (Å²) in [5, 5.41) is 2.69. The normalized spacial score (nSPS) is 10.1. The quantitative estimate of drug-likeness (QED) is 0.691. The van der Waals surface area contributed by atoms with Crippen LogP contribution in [0.3, 0.4) is 0 Å². The number of aromatic nitrogens is 1. The molecular weight excluding hydrogens is 264 g/mol. The third-order valence-corrected chi connectivity index (χ3v) is 2.72. The number of amides is 1. The van der Waals surface area contributed by atoms with Crippen molar-refractivity contribution in [2.75, 3.05) is 5.32 Å². The van der Waals surface area contributed by atoms with Gasteiger partial charge in [-0.15, -0.1) is 0 Å². The van der Waals surface area contributed by atoms with E-state index in [4.69, 9.17) is 0 Å². The number of carbonyl (C=O) groups excluding carboxylic acids is 2. The zero-order valence-corrected chi connectivity index (χ0v) is 11.5. The van der Waals surface area contributed by atoms with Crippen LogP contribution in [0.15, 0.2) is 54.7 Å². The Bertz CT molecular complexity index is 697. The fourth-order valence-corrected chi connectivity index (χ4v) is 1.75. The van der Waals surface area contributed by atoms with Gasteiger partial charge in [0.2, 0.25) is 5.91 Å². The molecular formula is C17H14N2O2. The Kier molecular flexibility index (Phi) is 4.80. The van der Waals surface area contributed by atoms with Gasteiger partial charge in [0.05, 0.1) is 11.3 Å². The number of allylic oxidation sites excluding steroid dienone is 2. The molecule has 0 unspecified atom stereocenters. The summed E-state index contributed by atoms with van der Waals surface area (Å²) < 4.78 is 0. The lowest BCUT2D eigenvalue weighted by atomic mass is 10.1. The van der Waals surface area contributed by atoms with E-state index in [1.807, 2.05) is 24.1 Å². The SMILES string of the molecule is CC(=O)Nc1ccc(/C=C/C(=C=O)c2ccccn2)cc1. The first-order chi connectivity index (χ1) is 10.2. The predicted molar refractivity (Wildman–Crippen MR) is 83.1 cm³/mol. The summed E-state index contributed by atoms with van der Waals surface area (Å²) >= 11 is 0. The molecule has 1 aromatic heterocycles. The van der Waals surface area contributed by atoms with Crippen molar-refractivity contribution in [1.29, 1.82) is 0 Å². The Labute approximate surface area is 122 Å². The van der Waals surface area contributed by atoms with Gasteiger partial charge >= 0.3 is 0 Å². The number of anilines is 1. The molecule has 2 rings (SSSR count). The van der Waals surface area contributed by atoms with Crippen molar-refractivity contribution < 1.29 is 9.59 Å². The Hall–Kier alpha value is -2.97. The fourth-order valence-electron chi connectivity index (χ4n) is 1.75. The lowest BCUT2D eigenvalue weighted by Gasteiger charge is -2.01. The van der Waals surface area contributed by atoms with Gasteiger partial charge in [0, 0.05) is 18.8 Å². The van der Waals surface area contributed by atoms with Crippen molar-refractivity contribution >= 4 is 29.2 Å². The number of carbonyl (C=O) groups is 1. The molecule has 0 spiro atoms. The van der Waals surface area contributed by atoms with Crippen molar-refractivity contribution in [3.05, 3.63) is 66.0 Å². The molecule has 0 fully saturated rings. The average Bonchev–Trinajstić information content (AvgIpc) is 2.50. The van der Waals surface area contributed by atoms with Crippen LogP contribution >= 0.6 is 0 Å². The van der Waals surface area contributed by atoms with E-state index in [2.05, 4.69) is 10.3 Å². The summed E-state index contributed by atoms with van der Waals surface area (Å²) in [5.74, 6) is 1.77. The summed E-state index contributed by atoms with van der Waals surface area (Å²) in [6.07, 6.45) is 5.10. The maximum Gasteiger partial charge on any atom is 0.221 e. The molecule has 104 valence electrons. The van der Waals surface area contributed by atoms with Crippen molar-refractivity contribution in [3.8, 4) is 0 Å². The number of hydrogen-bond acceptors (Lipinski definition) is 3. The first-order valence-electron chi connectivity index (χ1n) is 6.41. The van der Waals surface area contributed by atoms with E-state index in [1.54, 1.807) is 42.6 Å². The molecule has 4 heteroatoms. The van der Waals surface area contributed by atoms with Crippen LogP contribution in [0, 0.1) is 0 Å². The van der Waals surface area contributed by atoms with E-state index < -0.39 is 0 Å². The Morgan fingerprint density at radius 1 is 1.19 bits per heavy atom. The highest BCUT2D eigenvalue weighted by molar-refractivity contribution is 5.94. The topological polar surface area (TPSA) is 59.1 Å². The fraction of sp³-hybridized carbons (Fsp3) is 0.0588. The lowest BCUT2D eigenvalue weighted by Crippen LogP contribution is -2.05. The number of pyridine rings is 1. The molecule has 21 heavy (non-hydrogen) atoms. The number of nitrogens with zero attached hydrogens (tertiary/aromatic N) is 1. The van der Waals surface area contributed by atoms with Crippen LogP contribution in [0.4, 0.5) is 5.69 Å². The first kappa shape index (κ1) is 14.4. The summed E-state index contributed by atoms with van der Waals surface area (Å²) in [6, 6.07) is 12.7. The smallest absolute Gasteiger partial charge is 0.221 e. The number of hydrogen-bond donors (Lipinski definition) is 1. The molecule has 1 amide bonds. The molecule has 0 radical (unpaired) electrons. The Morgan fingerprint density at radius 2 is 1.95 bits per heavy atom. The molecule has 0 atom stereocenters. The van der Waals surface area contributed by atoms with Gasteiger partial charge in [0.25, 0.3) is 0 Å². The van der Waals surface area contributed by atoms with Gasteiger partial charge < -0.3 is 5.32 Å². The van der Waals surface area contributed by atoms with Crippen LogP contribution in [0.25, 0.3) is 11.6 Å². The Balaban J connectivity index is 2.13. The van der Waals surface area contributed by atoms with Crippen LogP contribution in [0.5, 0.6) is 0 Å². The number of benzene rings is 1. The van der Waals surface area contributed by atoms with Gasteiger partial charge in [-0.2, -0.15) is 0 Å². The van der Waals surface area contributed by atoms with Crippen LogP contribution in [0.1, 0.15) is 18.2 Å². The summed E-state index contributed by atoms with van der Waals surface area (Å²) in [5.41, 5.74) is 2.61. The Morgan fingerprint density at radius 3 is 2.52 bits per heavy atom. The minimum atomic E-state index is -0.111. The zero-order chi connectivity index (χ0) is 15.1. The molecule has 4 nitrogen and oxygen atoms in total. The third kappa shape index (κ3) is 4.27. The highest BCUT2D eigenvalue weighted by atomic mass is 16.1. The van der Waals surface area contributed by atoms with Gasteiger partial charge in [0.1, 0.15) is 5.94 Å². The maximum absolute atomic E-state index is 11.0. The molecule has 0 saturated heterocycles. The highest BCUT2D eigenvalue weighted by Gasteiger charge is 1.99. The monoisotopic (exact) mass is 278 g/mol. The number of nitrogens with one attached hydrogen (secondary N) is 1. The first-order valence-corrected chi connectivity index (χ1v) is 6.41. The second kappa shape index (κ2) is 6.98. The van der Waals surface area contributed by atoms with Crippen molar-refractivity contribution in [2.45, 2.75) is 6.92 Å². The molecule has 1 heterocycles. The third-order valence-electron chi connectivity index (χ3n) is 2.72. The second-order valence-corrected chi connectivity index (χ2v) is 4.37. The minimum Gasteiger partial charge on any atom is -0.326 e. The van der Waals surface area contributed by atoms with Crippen molar-refractivity contribution in [3.63, 3.8) is 0 Å². The van der Waals surface area contributed by atoms with E-state index >= 15 is 0 Å². The van der Waals surface area contributed by atoms with Crippen molar-refractivity contribution in [1.82, 2.24) is 4.98 Å². The van der Waals surface area contributed by atoms with Crippen LogP contribution in [-0.2, 0) is 9.59 Å². The highest BCUT2D eigenvalue weighted by Crippen LogP contribution is 2.14. The van der Waals surface area contributed by atoms with Gasteiger partial charge in [-0.3, -0.25) is 9.78 Å². The maximum atomic E-state index is 11.0. The molecule has 0 aliphatic carbocycles. The molecule has 2 aromatic rings. The van der Waals surface area contributed by atoms with E-state index in [0.717, 1.165) is 11.3 Å². The predicted octanol–water partition coefficient (Wildman–Crippen LogP) is 2.97. The lowest BCUT2D eigenvalue weighted by molar-refractivity contribution is -0.114. The molecule has 1 aromatic carbocycles. The van der Waals surface area contributed by atoms with Crippen molar-refractivity contribution in [2.24, 2.45) is 0 Å². The van der Waals surface area contributed by atoms with Gasteiger partial charge in [-0.05, 0) is 35.9 Å². The molecule has 0 aliphatic rings. The van der Waals surface area contributed by atoms with E-state index in [1.165, 1.54) is 6.92 Å². The number of rotatable bonds is 4. The van der Waals surface area contributed by atoms with Gasteiger partial charge in [-0.1, -0.05) is 24.3 Å². The largest absolute Gasteiger partial charge is 0.326 e. The van der Waals surface area contributed by atoms with Gasteiger partial charge in [0.15, 0.2) is 0 Å². The summed E-state index contributed by atoms with van der Waals surface area (Å²) in [7, 11) is 0. The van der Waals surface area contributed by atoms with Crippen LogP contribution < -0.4 is 5.32 Å². The standard InChI is InChI=1S/C17H14N2O2/c1-13(21)19-16-9-6-14(7-10-16)5-8-15(12-20)17-4-2-3-11-18-17/h2-11H,1H3,(H,19,21)/b8-5+.